The monoisotopic (exact) mass is 468 g/mol. The first-order valence-corrected chi connectivity index (χ1v) is 17.1. The summed E-state index contributed by atoms with van der Waals surface area (Å²) in [5.74, 6) is -0.953. The molecule has 1 aliphatic heterocycles. The minimum absolute atomic E-state index is 0.306. The first-order chi connectivity index (χ1) is 6.96. The van der Waals surface area contributed by atoms with E-state index in [0.29, 0.717) is 8.65 Å². The zero-order chi connectivity index (χ0) is 11.2. The summed E-state index contributed by atoms with van der Waals surface area (Å²) in [6.45, 7) is 0. The second-order valence-electron chi connectivity index (χ2n) is 2.91. The van der Waals surface area contributed by atoms with Gasteiger partial charge in [0, 0.05) is 0 Å². The molecule has 1 aromatic carbocycles. The first-order valence-electron chi connectivity index (χ1n) is 3.91. The van der Waals surface area contributed by atoms with Gasteiger partial charge < -0.3 is 0 Å². The quantitative estimate of drug-likeness (QED) is 0.645. The Bertz CT molecular complexity index is 485. The predicted molar refractivity (Wildman–Crippen MR) is 70.1 cm³/mol. The van der Waals surface area contributed by atoms with Crippen LogP contribution in [0.2, 0.25) is 0 Å². The van der Waals surface area contributed by atoms with Crippen LogP contribution in [0, 0.1) is 0 Å². The van der Waals surface area contributed by atoms with Crippen LogP contribution in [0.25, 0.3) is 5.03 Å². The fraction of sp³-hybridized carbons (Fsp3) is 0. The number of benzene rings is 1. The van der Waals surface area contributed by atoms with Crippen LogP contribution in [0.3, 0.4) is 0 Å². The van der Waals surface area contributed by atoms with Crippen molar-refractivity contribution in [3.8, 4) is 0 Å². The van der Waals surface area contributed by atoms with E-state index in [4.69, 9.17) is 16.7 Å². The summed E-state index contributed by atoms with van der Waals surface area (Å²) in [5.41, 5.74) is 0.825. The average Bonchev–Trinajstić information content (AvgIpc) is 2.36. The Balaban J connectivity index is 2.74. The number of carboxylic acids is 1. The topological polar surface area (TPSA) is 37.3 Å². The van der Waals surface area contributed by atoms with Crippen LogP contribution in [0.4, 0.5) is 0 Å². The van der Waals surface area contributed by atoms with Crippen molar-refractivity contribution in [2.75, 3.05) is 0 Å². The van der Waals surface area contributed by atoms with E-state index >= 15 is 0 Å². The molecule has 80 valence electrons. The van der Waals surface area contributed by atoms with Crippen LogP contribution in [-0.2, 0) is 4.79 Å². The number of hydrogen-bond donors (Lipinski definition) is 1. The fourth-order valence-electron chi connectivity index (χ4n) is 1.42. The third kappa shape index (κ3) is 1.79. The molecule has 0 saturated carbocycles. The van der Waals surface area contributed by atoms with Crippen LogP contribution in [0.15, 0.2) is 27.9 Å². The van der Waals surface area contributed by atoms with E-state index in [1.54, 1.807) is 0 Å². The predicted octanol–water partition coefficient (Wildman–Crippen LogP) is 2.71. The second-order valence-corrected chi connectivity index (χ2v) is 27.2. The van der Waals surface area contributed by atoms with Gasteiger partial charge in [0.2, 0.25) is 0 Å². The maximum absolute atomic E-state index is 11.1. The molecule has 1 heterocycles. The summed E-state index contributed by atoms with van der Waals surface area (Å²) in [6.07, 6.45) is 0. The Morgan fingerprint density at radius 3 is 2.47 bits per heavy atom. The molecule has 2 rings (SSSR count). The third-order valence-electron chi connectivity index (χ3n) is 2.05. The second kappa shape index (κ2) is 4.05. The van der Waals surface area contributed by atoms with E-state index in [1.807, 2.05) is 24.3 Å². The molecule has 1 aromatic rings. The number of carboxylic acid groups (broad SMARTS) is 1. The molecule has 15 heavy (non-hydrogen) atoms. The molecule has 1 N–H and O–H groups in total. The van der Waals surface area contributed by atoms with E-state index < -0.39 is 19.7 Å². The Kier molecular flexibility index (Phi) is 3.22. The van der Waals surface area contributed by atoms with Gasteiger partial charge in [0.15, 0.2) is 0 Å². The third-order valence-corrected chi connectivity index (χ3v) is 17.0. The Labute approximate surface area is 108 Å². The van der Waals surface area contributed by atoms with Crippen molar-refractivity contribution in [2.24, 2.45) is 0 Å². The van der Waals surface area contributed by atoms with Gasteiger partial charge in [0.25, 0.3) is 0 Å². The van der Waals surface area contributed by atoms with Crippen molar-refractivity contribution >= 4 is 65.5 Å². The molecule has 0 saturated heterocycles. The van der Waals surface area contributed by atoms with Gasteiger partial charge in [-0.05, 0) is 0 Å². The van der Waals surface area contributed by atoms with Crippen LogP contribution in [0.5, 0.6) is 0 Å². The summed E-state index contributed by atoms with van der Waals surface area (Å²) in [5, 5.41) is 9.49. The summed E-state index contributed by atoms with van der Waals surface area (Å²) < 4.78 is 1.31. The Morgan fingerprint density at radius 1 is 1.33 bits per heavy atom. The molecule has 0 fully saturated rings. The fourth-order valence-corrected chi connectivity index (χ4v) is 15.9. The van der Waals surface area contributed by atoms with Gasteiger partial charge in [0.05, 0.1) is 0 Å². The van der Waals surface area contributed by atoms with Gasteiger partial charge in [-0.3, -0.25) is 0 Å². The van der Waals surface area contributed by atoms with Crippen molar-refractivity contribution in [3.05, 3.63) is 33.4 Å². The molecular weight excluding hydrogens is 463 g/mol. The summed E-state index contributed by atoms with van der Waals surface area (Å²) in [7, 11) is 0. The van der Waals surface area contributed by atoms with Crippen molar-refractivity contribution in [1.29, 1.82) is 0 Å². The van der Waals surface area contributed by atoms with Gasteiger partial charge >= 0.3 is 109 Å². The molecule has 0 unspecified atom stereocenters. The molecule has 0 bridgehead atoms. The normalized spacial score (nSPS) is 19.9. The number of hydrogen-bond acceptors (Lipinski definition) is 1. The Morgan fingerprint density at radius 2 is 1.93 bits per heavy atom. The van der Waals surface area contributed by atoms with Gasteiger partial charge in [-0.15, -0.1) is 0 Å². The van der Waals surface area contributed by atoms with Crippen molar-refractivity contribution in [2.45, 2.75) is 0 Å². The van der Waals surface area contributed by atoms with Crippen molar-refractivity contribution in [1.82, 2.24) is 0 Å². The van der Waals surface area contributed by atoms with Gasteiger partial charge in [-0.25, -0.2) is 0 Å². The molecule has 1 aliphatic rings. The number of fused-ring (bicyclic) bond motifs is 1. The Hall–Kier alpha value is 0.470. The molecule has 0 aliphatic carbocycles. The molecule has 0 aromatic heterocycles. The van der Waals surface area contributed by atoms with E-state index in [9.17, 15) is 4.79 Å². The number of rotatable bonds is 1. The SMILES string of the molecule is O=C(O)C1=C(Cl)c2ccccc2[Te]1(Br)Br. The molecule has 6 heteroatoms. The zero-order valence-electron chi connectivity index (χ0n) is 7.21. The van der Waals surface area contributed by atoms with Crippen molar-refractivity contribution in [3.63, 3.8) is 0 Å². The van der Waals surface area contributed by atoms with Gasteiger partial charge in [0.1, 0.15) is 0 Å². The van der Waals surface area contributed by atoms with E-state index in [-0.39, 0.29) is 0 Å². The van der Waals surface area contributed by atoms with Gasteiger partial charge in [-0.2, -0.15) is 0 Å². The van der Waals surface area contributed by atoms with Crippen LogP contribution in [0.1, 0.15) is 5.56 Å². The molecule has 0 amide bonds. The minimum atomic E-state index is -3.02. The molecule has 0 spiro atoms. The summed E-state index contributed by atoms with van der Waals surface area (Å²) >= 11 is 10.1. The number of carbonyl (C=O) groups is 1. The summed E-state index contributed by atoms with van der Waals surface area (Å²) in [4.78, 5) is 11.1. The zero-order valence-corrected chi connectivity index (χ0v) is 13.5. The molecule has 2 nitrogen and oxygen atoms in total. The van der Waals surface area contributed by atoms with E-state index in [1.165, 1.54) is 0 Å². The molecular formula is C9H5Br2ClO2Te. The van der Waals surface area contributed by atoms with Crippen LogP contribution < -0.4 is 3.61 Å². The van der Waals surface area contributed by atoms with E-state index in [0.717, 1.165) is 9.17 Å². The summed E-state index contributed by atoms with van der Waals surface area (Å²) in [6, 6.07) is 7.50. The standard InChI is InChI=1S/C9H5Br2ClO2Te/c10-15(11)6-4-2-1-3-5(6)7(12)8(15)9(13)14/h1-4H,(H,13,14). The average molecular weight is 468 g/mol. The van der Waals surface area contributed by atoms with Gasteiger partial charge in [-0.1, -0.05) is 0 Å². The first kappa shape index (κ1) is 11.9. The van der Waals surface area contributed by atoms with Crippen molar-refractivity contribution < 1.29 is 9.90 Å². The molecule has 0 radical (unpaired) electrons. The maximum atomic E-state index is 11.1. The number of halogens is 3. The van der Waals surface area contributed by atoms with E-state index in [2.05, 4.69) is 25.5 Å². The number of aliphatic carboxylic acids is 1. The van der Waals surface area contributed by atoms with Crippen LogP contribution in [-0.4, -0.2) is 24.8 Å². The van der Waals surface area contributed by atoms with Crippen LogP contribution >= 0.6 is 37.1 Å². The molecule has 0 atom stereocenters.